The Morgan fingerprint density at radius 2 is 2.13 bits per heavy atom. The fraction of sp³-hybridized carbons (Fsp3) is 0.300. The molecule has 0 radical (unpaired) electrons. The summed E-state index contributed by atoms with van der Waals surface area (Å²) in [5.74, 6) is 0.510. The van der Waals surface area contributed by atoms with E-state index in [1.807, 2.05) is 0 Å². The number of allylic oxidation sites excluding steroid dienone is 1. The molecule has 0 aliphatic carbocycles. The Balaban J connectivity index is 4.64. The van der Waals surface area contributed by atoms with Crippen LogP contribution < -0.4 is 5.73 Å². The van der Waals surface area contributed by atoms with Gasteiger partial charge in [0.15, 0.2) is 5.84 Å². The van der Waals surface area contributed by atoms with Gasteiger partial charge in [0.1, 0.15) is 6.26 Å². The van der Waals surface area contributed by atoms with E-state index in [1.165, 1.54) is 12.5 Å². The number of oxime groups is 1. The lowest BCUT2D eigenvalue weighted by molar-refractivity contribution is 0.270. The first-order valence-corrected chi connectivity index (χ1v) is 4.38. The molecule has 0 fully saturated rings. The van der Waals surface area contributed by atoms with Crippen LogP contribution in [0.5, 0.6) is 0 Å². The van der Waals surface area contributed by atoms with Crippen LogP contribution in [0.1, 0.15) is 13.8 Å². The highest BCUT2D eigenvalue weighted by molar-refractivity contribution is 6.01. The maximum Gasteiger partial charge on any atom is 0.151 e. The Morgan fingerprint density at radius 1 is 1.47 bits per heavy atom. The molecule has 82 valence electrons. The summed E-state index contributed by atoms with van der Waals surface area (Å²) in [6.45, 7) is 6.95. The molecule has 0 spiro atoms. The van der Waals surface area contributed by atoms with E-state index >= 15 is 0 Å². The fourth-order valence-electron chi connectivity index (χ4n) is 0.811. The molecule has 0 saturated heterocycles. The Kier molecular flexibility index (Phi) is 6.54. The number of nitrogens with two attached hydrogens (primary N) is 1. The maximum absolute atomic E-state index is 5.74. The third kappa shape index (κ3) is 4.75. The third-order valence-corrected chi connectivity index (χ3v) is 1.60. The van der Waals surface area contributed by atoms with Gasteiger partial charge in [0.25, 0.3) is 0 Å². The lowest BCUT2D eigenvalue weighted by Crippen LogP contribution is -2.05. The molecule has 0 aromatic heterocycles. The largest absolute Gasteiger partial charge is 0.398 e. The van der Waals surface area contributed by atoms with Crippen molar-refractivity contribution in [1.82, 2.24) is 0 Å². The molecule has 0 heterocycles. The first kappa shape index (κ1) is 13.1. The van der Waals surface area contributed by atoms with Crippen LogP contribution in [-0.2, 0) is 4.84 Å². The van der Waals surface area contributed by atoms with Crippen molar-refractivity contribution in [3.05, 3.63) is 23.6 Å². The molecule has 5 nitrogen and oxygen atoms in total. The smallest absolute Gasteiger partial charge is 0.151 e. The third-order valence-electron chi connectivity index (χ3n) is 1.60. The topological polar surface area (TPSA) is 72.3 Å². The summed E-state index contributed by atoms with van der Waals surface area (Å²) in [4.78, 5) is 12.4. The van der Waals surface area contributed by atoms with Gasteiger partial charge >= 0.3 is 0 Å². The minimum Gasteiger partial charge on any atom is -0.398 e. The van der Waals surface area contributed by atoms with E-state index in [0.717, 1.165) is 5.57 Å². The van der Waals surface area contributed by atoms with Gasteiger partial charge in [-0.05, 0) is 26.6 Å². The van der Waals surface area contributed by atoms with Crippen LogP contribution in [0, 0.1) is 0 Å². The van der Waals surface area contributed by atoms with E-state index in [9.17, 15) is 0 Å². The molecular weight excluding hydrogens is 192 g/mol. The zero-order chi connectivity index (χ0) is 11.7. The van der Waals surface area contributed by atoms with Gasteiger partial charge in [-0.2, -0.15) is 0 Å². The summed E-state index contributed by atoms with van der Waals surface area (Å²) >= 11 is 0. The molecule has 0 atom stereocenters. The highest BCUT2D eigenvalue weighted by Gasteiger charge is 2.00. The fourth-order valence-corrected chi connectivity index (χ4v) is 0.811. The number of rotatable bonds is 4. The molecule has 0 aromatic rings. The standard InChI is InChI=1S/C10H16N4O/c1-5-14-15-7-6-9(11)8(2)10(12-3)13-4/h5-7H,3,11H2,1-2,4H3/b7-6+,9-8?,13-10?,14-5+. The highest BCUT2D eigenvalue weighted by atomic mass is 16.6. The Morgan fingerprint density at radius 3 is 2.60 bits per heavy atom. The molecule has 0 bridgehead atoms. The van der Waals surface area contributed by atoms with Gasteiger partial charge in [0.2, 0.25) is 0 Å². The van der Waals surface area contributed by atoms with Crippen LogP contribution in [0.3, 0.4) is 0 Å². The normalized spacial score (nSPS) is 14.5. The molecule has 0 aliphatic heterocycles. The highest BCUT2D eigenvalue weighted by Crippen LogP contribution is 2.03. The summed E-state index contributed by atoms with van der Waals surface area (Å²) in [6.07, 6.45) is 4.50. The summed E-state index contributed by atoms with van der Waals surface area (Å²) in [5.41, 5.74) is 7.00. The van der Waals surface area contributed by atoms with Crippen molar-refractivity contribution < 1.29 is 4.84 Å². The summed E-state index contributed by atoms with van der Waals surface area (Å²) in [7, 11) is 1.63. The average molecular weight is 208 g/mol. The van der Waals surface area contributed by atoms with Gasteiger partial charge in [0, 0.05) is 24.5 Å². The number of hydrogen-bond donors (Lipinski definition) is 1. The van der Waals surface area contributed by atoms with Crippen molar-refractivity contribution in [2.75, 3.05) is 7.05 Å². The van der Waals surface area contributed by atoms with Crippen molar-refractivity contribution in [2.45, 2.75) is 13.8 Å². The zero-order valence-corrected chi connectivity index (χ0v) is 9.27. The van der Waals surface area contributed by atoms with Gasteiger partial charge in [-0.3, -0.25) is 4.99 Å². The first-order valence-electron chi connectivity index (χ1n) is 4.38. The summed E-state index contributed by atoms with van der Waals surface area (Å²) < 4.78 is 0. The predicted molar refractivity (Wildman–Crippen MR) is 64.2 cm³/mol. The lowest BCUT2D eigenvalue weighted by atomic mass is 10.2. The monoisotopic (exact) mass is 208 g/mol. The molecule has 0 saturated carbocycles. The van der Waals surface area contributed by atoms with Crippen LogP contribution in [0.25, 0.3) is 0 Å². The SMILES string of the molecule is C=NC(=NC)C(C)=C(N)/C=C/O/N=C/C. The zero-order valence-electron chi connectivity index (χ0n) is 9.27. The van der Waals surface area contributed by atoms with Crippen molar-refractivity contribution >= 4 is 18.8 Å². The van der Waals surface area contributed by atoms with E-state index in [2.05, 4.69) is 21.9 Å². The Labute approximate surface area is 89.7 Å². The van der Waals surface area contributed by atoms with Crippen LogP contribution in [0.4, 0.5) is 0 Å². The Hall–Kier alpha value is -1.91. The molecule has 0 rings (SSSR count). The molecule has 0 unspecified atom stereocenters. The second kappa shape index (κ2) is 7.49. The van der Waals surface area contributed by atoms with E-state index in [0.29, 0.717) is 11.5 Å². The number of hydrogen-bond acceptors (Lipinski definition) is 4. The minimum atomic E-state index is 0.509. The number of nitrogens with zero attached hydrogens (tertiary/aromatic N) is 3. The van der Waals surface area contributed by atoms with Crippen molar-refractivity contribution in [3.8, 4) is 0 Å². The van der Waals surface area contributed by atoms with Crippen LogP contribution >= 0.6 is 0 Å². The molecule has 2 N–H and O–H groups in total. The molecule has 5 heteroatoms. The van der Waals surface area contributed by atoms with Gasteiger partial charge in [-0.25, -0.2) is 4.99 Å². The molecule has 0 aliphatic rings. The predicted octanol–water partition coefficient (Wildman–Crippen LogP) is 1.48. The van der Waals surface area contributed by atoms with Gasteiger partial charge in [-0.1, -0.05) is 5.16 Å². The number of aliphatic imine (C=N–C) groups is 2. The lowest BCUT2D eigenvalue weighted by Gasteiger charge is -2.01. The van der Waals surface area contributed by atoms with Crippen LogP contribution in [0.2, 0.25) is 0 Å². The van der Waals surface area contributed by atoms with E-state index in [-0.39, 0.29) is 0 Å². The van der Waals surface area contributed by atoms with E-state index in [4.69, 9.17) is 10.6 Å². The van der Waals surface area contributed by atoms with Crippen molar-refractivity contribution in [1.29, 1.82) is 0 Å². The average Bonchev–Trinajstić information content (AvgIpc) is 2.25. The molecule has 15 heavy (non-hydrogen) atoms. The molecular formula is C10H16N4O. The Bertz CT molecular complexity index is 326. The first-order chi connectivity index (χ1) is 7.17. The molecule has 0 aromatic carbocycles. The van der Waals surface area contributed by atoms with Crippen LogP contribution in [0.15, 0.2) is 38.7 Å². The minimum absolute atomic E-state index is 0.509. The van der Waals surface area contributed by atoms with Crippen molar-refractivity contribution in [2.24, 2.45) is 20.9 Å². The van der Waals surface area contributed by atoms with E-state index < -0.39 is 0 Å². The van der Waals surface area contributed by atoms with Gasteiger partial charge in [0.05, 0.1) is 0 Å². The van der Waals surface area contributed by atoms with Gasteiger partial charge in [-0.15, -0.1) is 0 Å². The number of amidine groups is 1. The van der Waals surface area contributed by atoms with Crippen molar-refractivity contribution in [3.63, 3.8) is 0 Å². The second-order valence-electron chi connectivity index (χ2n) is 2.56. The molecule has 0 amide bonds. The van der Waals surface area contributed by atoms with Crippen LogP contribution in [-0.4, -0.2) is 25.8 Å². The summed E-state index contributed by atoms with van der Waals surface area (Å²) in [6, 6.07) is 0. The maximum atomic E-state index is 5.74. The summed E-state index contributed by atoms with van der Waals surface area (Å²) in [5, 5.41) is 3.53. The second-order valence-corrected chi connectivity index (χ2v) is 2.56. The van der Waals surface area contributed by atoms with Gasteiger partial charge < -0.3 is 10.6 Å². The quantitative estimate of drug-likeness (QED) is 0.250. The van der Waals surface area contributed by atoms with E-state index in [1.54, 1.807) is 27.0 Å².